The Bertz CT molecular complexity index is 1160. The number of nitrogens with one attached hydrogen (secondary N) is 1. The zero-order chi connectivity index (χ0) is 19.9. The van der Waals surface area contributed by atoms with Gasteiger partial charge in [-0.3, -0.25) is 4.79 Å². The lowest BCUT2D eigenvalue weighted by Gasteiger charge is -2.22. The number of benzene rings is 1. The second-order valence-corrected chi connectivity index (χ2v) is 10.2. The smallest absolute Gasteiger partial charge is 0.253 e. The minimum Gasteiger partial charge on any atom is -0.307 e. The van der Waals surface area contributed by atoms with Gasteiger partial charge in [-0.05, 0) is 38.8 Å². The lowest BCUT2D eigenvalue weighted by atomic mass is 10.1. The summed E-state index contributed by atoms with van der Waals surface area (Å²) in [5, 5.41) is 12.7. The Balaban J connectivity index is 1.62. The van der Waals surface area contributed by atoms with Crippen molar-refractivity contribution in [3.63, 3.8) is 0 Å². The van der Waals surface area contributed by atoms with Gasteiger partial charge >= 0.3 is 0 Å². The van der Waals surface area contributed by atoms with Crippen LogP contribution in [0.3, 0.4) is 0 Å². The van der Waals surface area contributed by atoms with Crippen molar-refractivity contribution >= 4 is 43.9 Å². The monoisotopic (exact) mass is 416 g/mol. The van der Waals surface area contributed by atoms with E-state index in [0.29, 0.717) is 25.2 Å². The van der Waals surface area contributed by atoms with Gasteiger partial charge in [-0.15, -0.1) is 16.4 Å². The number of fused-ring (bicyclic) bond motifs is 1. The molecule has 0 unspecified atom stereocenters. The Morgan fingerprint density at radius 2 is 1.89 bits per heavy atom. The summed E-state index contributed by atoms with van der Waals surface area (Å²) in [4.78, 5) is 13.9. The first-order valence-corrected chi connectivity index (χ1v) is 11.2. The summed E-state index contributed by atoms with van der Waals surface area (Å²) in [5.41, 5.74) is 0.770. The van der Waals surface area contributed by atoms with Crippen LogP contribution in [0.1, 0.15) is 23.4 Å². The molecule has 1 saturated heterocycles. The molecule has 7 nitrogen and oxygen atoms in total. The van der Waals surface area contributed by atoms with Crippen LogP contribution in [0.15, 0.2) is 40.6 Å². The quantitative estimate of drug-likeness (QED) is 0.706. The van der Waals surface area contributed by atoms with E-state index in [-0.39, 0.29) is 10.1 Å². The molecule has 1 atom stereocenters. The summed E-state index contributed by atoms with van der Waals surface area (Å²) in [6, 6.07) is 10.2. The van der Waals surface area contributed by atoms with Crippen LogP contribution in [0.25, 0.3) is 10.8 Å². The predicted molar refractivity (Wildman–Crippen MR) is 109 cm³/mol. The Kier molecular flexibility index (Phi) is 4.90. The van der Waals surface area contributed by atoms with Crippen LogP contribution in [-0.2, 0) is 14.8 Å². The lowest BCUT2D eigenvalue weighted by molar-refractivity contribution is -0.119. The first-order valence-electron chi connectivity index (χ1n) is 8.99. The minimum absolute atomic E-state index is 0.269. The molecule has 0 bridgehead atoms. The van der Waals surface area contributed by atoms with Crippen LogP contribution in [0.2, 0.25) is 0 Å². The molecular weight excluding hydrogens is 396 g/mol. The maximum Gasteiger partial charge on any atom is 0.253 e. The van der Waals surface area contributed by atoms with Crippen LogP contribution in [0, 0.1) is 13.8 Å². The number of aryl methyl sites for hydroxylation is 2. The highest BCUT2D eigenvalue weighted by Gasteiger charge is 2.40. The molecule has 4 rings (SSSR count). The third-order valence-corrected chi connectivity index (χ3v) is 8.27. The van der Waals surface area contributed by atoms with Crippen LogP contribution in [0.4, 0.5) is 5.82 Å². The molecule has 1 aliphatic rings. The fraction of sp³-hybridized carbons (Fsp3) is 0.316. The number of thiophene rings is 1. The van der Waals surface area contributed by atoms with E-state index in [4.69, 9.17) is 0 Å². The molecule has 0 saturated carbocycles. The highest BCUT2D eigenvalue weighted by Crippen LogP contribution is 2.31. The van der Waals surface area contributed by atoms with Crippen molar-refractivity contribution in [1.29, 1.82) is 0 Å². The van der Waals surface area contributed by atoms with E-state index >= 15 is 0 Å². The van der Waals surface area contributed by atoms with Crippen molar-refractivity contribution < 1.29 is 13.2 Å². The van der Waals surface area contributed by atoms with Crippen LogP contribution in [0.5, 0.6) is 0 Å². The van der Waals surface area contributed by atoms with Crippen molar-refractivity contribution in [2.45, 2.75) is 36.9 Å². The summed E-state index contributed by atoms with van der Waals surface area (Å²) in [7, 11) is -3.70. The van der Waals surface area contributed by atoms with E-state index in [1.807, 2.05) is 38.1 Å². The van der Waals surface area contributed by atoms with Crippen molar-refractivity contribution in [2.24, 2.45) is 0 Å². The van der Waals surface area contributed by atoms with Gasteiger partial charge in [0.05, 0.1) is 5.69 Å². The van der Waals surface area contributed by atoms with Gasteiger partial charge in [-0.1, -0.05) is 24.3 Å². The normalized spacial score (nSPS) is 17.9. The van der Waals surface area contributed by atoms with Gasteiger partial charge in [-0.25, -0.2) is 8.42 Å². The molecule has 9 heteroatoms. The molecule has 0 spiro atoms. The number of carbonyl (C=O) groups excluding carboxylic acids is 1. The Morgan fingerprint density at radius 1 is 1.14 bits per heavy atom. The lowest BCUT2D eigenvalue weighted by Crippen LogP contribution is -2.43. The van der Waals surface area contributed by atoms with Crippen LogP contribution in [-0.4, -0.2) is 41.4 Å². The maximum atomic E-state index is 13.0. The number of hydrogen-bond acceptors (Lipinski definition) is 6. The molecule has 0 aliphatic carbocycles. The van der Waals surface area contributed by atoms with E-state index in [1.54, 1.807) is 12.1 Å². The van der Waals surface area contributed by atoms with E-state index < -0.39 is 16.1 Å². The van der Waals surface area contributed by atoms with Gasteiger partial charge in [0, 0.05) is 22.2 Å². The summed E-state index contributed by atoms with van der Waals surface area (Å²) < 4.78 is 27.6. The molecule has 1 fully saturated rings. The fourth-order valence-corrected chi connectivity index (χ4v) is 6.56. The first kappa shape index (κ1) is 19.0. The van der Waals surface area contributed by atoms with Crippen molar-refractivity contribution in [3.8, 4) is 0 Å². The molecule has 3 aromatic rings. The van der Waals surface area contributed by atoms with Crippen molar-refractivity contribution in [1.82, 2.24) is 14.5 Å². The summed E-state index contributed by atoms with van der Waals surface area (Å²) in [6.07, 6.45) is 1.12. The van der Waals surface area contributed by atoms with Crippen molar-refractivity contribution in [3.05, 3.63) is 47.0 Å². The summed E-state index contributed by atoms with van der Waals surface area (Å²) in [5.74, 6) is -0.0277. The average Bonchev–Trinajstić information content (AvgIpc) is 3.34. The van der Waals surface area contributed by atoms with Gasteiger partial charge in [0.25, 0.3) is 10.0 Å². The number of amides is 1. The zero-order valence-corrected chi connectivity index (χ0v) is 17.2. The molecule has 0 radical (unpaired) electrons. The molecular formula is C19H20N4O3S2. The number of carbonyl (C=O) groups is 1. The topological polar surface area (TPSA) is 92.3 Å². The van der Waals surface area contributed by atoms with E-state index in [2.05, 4.69) is 15.5 Å². The van der Waals surface area contributed by atoms with Gasteiger partial charge in [0.15, 0.2) is 5.82 Å². The largest absolute Gasteiger partial charge is 0.307 e. The standard InChI is InChI=1S/C19H20N4O3S2/c1-12-9-10-17(27-12)28(25,26)23-11-5-8-16(23)19(24)20-18-15-7-4-3-6-14(15)13(2)21-22-18/h3-4,6-7,9-10,16H,5,8,11H2,1-2H3,(H,20,22,24)/t16-/m1/s1. The third-order valence-electron chi connectivity index (χ3n) is 4.90. The zero-order valence-electron chi connectivity index (χ0n) is 15.5. The number of sulfonamides is 1. The van der Waals surface area contributed by atoms with Gasteiger partial charge in [-0.2, -0.15) is 9.40 Å². The summed E-state index contributed by atoms with van der Waals surface area (Å²) in [6.45, 7) is 4.05. The predicted octanol–water partition coefficient (Wildman–Crippen LogP) is 3.10. The van der Waals surface area contributed by atoms with E-state index in [0.717, 1.165) is 21.3 Å². The molecule has 1 amide bonds. The minimum atomic E-state index is -3.70. The SMILES string of the molecule is Cc1ccc(S(=O)(=O)N2CCC[C@@H]2C(=O)Nc2nnc(C)c3ccccc23)s1. The Hall–Kier alpha value is -2.36. The fourth-order valence-electron chi connectivity index (χ4n) is 3.49. The molecule has 1 aliphatic heterocycles. The molecule has 1 aromatic carbocycles. The van der Waals surface area contributed by atoms with Gasteiger partial charge in [0.1, 0.15) is 10.3 Å². The number of aromatic nitrogens is 2. The molecule has 28 heavy (non-hydrogen) atoms. The van der Waals surface area contributed by atoms with Crippen LogP contribution >= 0.6 is 11.3 Å². The number of anilines is 1. The van der Waals surface area contributed by atoms with Gasteiger partial charge in [0.2, 0.25) is 5.91 Å². The second-order valence-electron chi connectivity index (χ2n) is 6.81. The maximum absolute atomic E-state index is 13.0. The highest BCUT2D eigenvalue weighted by atomic mass is 32.2. The van der Waals surface area contributed by atoms with Crippen LogP contribution < -0.4 is 5.32 Å². The molecule has 2 aromatic heterocycles. The first-order chi connectivity index (χ1) is 13.4. The second kappa shape index (κ2) is 7.23. The highest BCUT2D eigenvalue weighted by molar-refractivity contribution is 7.91. The van der Waals surface area contributed by atoms with Crippen molar-refractivity contribution in [2.75, 3.05) is 11.9 Å². The van der Waals surface area contributed by atoms with Gasteiger partial charge < -0.3 is 5.32 Å². The molecule has 146 valence electrons. The average molecular weight is 417 g/mol. The number of rotatable bonds is 4. The van der Waals surface area contributed by atoms with E-state index in [9.17, 15) is 13.2 Å². The molecule has 3 heterocycles. The van der Waals surface area contributed by atoms with E-state index in [1.165, 1.54) is 15.6 Å². The number of nitrogens with zero attached hydrogens (tertiary/aromatic N) is 3. The Labute approximate surface area is 167 Å². The summed E-state index contributed by atoms with van der Waals surface area (Å²) >= 11 is 1.22. The third kappa shape index (κ3) is 3.30. The number of hydrogen-bond donors (Lipinski definition) is 1. The Morgan fingerprint density at radius 3 is 2.61 bits per heavy atom. The molecule has 1 N–H and O–H groups in total.